The number of fused-ring (bicyclic) bond motifs is 1. The van der Waals surface area contributed by atoms with E-state index in [0.29, 0.717) is 12.3 Å². The first kappa shape index (κ1) is 10.2. The van der Waals surface area contributed by atoms with Crippen LogP contribution in [-0.4, -0.2) is 11.7 Å². The van der Waals surface area contributed by atoms with E-state index in [-0.39, 0.29) is 5.41 Å². The lowest BCUT2D eigenvalue weighted by Gasteiger charge is -2.24. The van der Waals surface area contributed by atoms with Gasteiger partial charge in [-0.1, -0.05) is 31.6 Å². The Bertz CT molecular complexity index is 419. The van der Waals surface area contributed by atoms with Crippen LogP contribution in [0.1, 0.15) is 25.0 Å². The Hall–Kier alpha value is -1.28. The van der Waals surface area contributed by atoms with E-state index in [1.807, 2.05) is 12.1 Å². The maximum Gasteiger partial charge on any atom is 0.115 e. The van der Waals surface area contributed by atoms with Gasteiger partial charge >= 0.3 is 0 Å². The topological polar surface area (TPSA) is 46.2 Å². The van der Waals surface area contributed by atoms with Crippen molar-refractivity contribution < 1.29 is 5.11 Å². The summed E-state index contributed by atoms with van der Waals surface area (Å²) in [4.78, 5) is 0. The van der Waals surface area contributed by atoms with Gasteiger partial charge in [0.2, 0.25) is 0 Å². The molecule has 1 aliphatic rings. The van der Waals surface area contributed by atoms with Crippen LogP contribution in [0, 0.1) is 5.41 Å². The van der Waals surface area contributed by atoms with Gasteiger partial charge in [-0.25, -0.2) is 0 Å². The molecule has 2 rings (SSSR count). The molecule has 2 heteroatoms. The zero-order chi connectivity index (χ0) is 11.1. The number of phenols is 1. The lowest BCUT2D eigenvalue weighted by atomic mass is 9.83. The van der Waals surface area contributed by atoms with Crippen molar-refractivity contribution in [1.29, 1.82) is 0 Å². The average molecular weight is 203 g/mol. The molecule has 0 radical (unpaired) electrons. The molecule has 1 aliphatic carbocycles. The summed E-state index contributed by atoms with van der Waals surface area (Å²) in [7, 11) is 0. The SMILES string of the molecule is CC(C)(CN)C1=Cc2ccc(O)cc2C1. The van der Waals surface area contributed by atoms with Gasteiger partial charge in [-0.2, -0.15) is 0 Å². The second-order valence-corrected chi connectivity index (χ2v) is 4.82. The summed E-state index contributed by atoms with van der Waals surface area (Å²) in [6.45, 7) is 4.97. The van der Waals surface area contributed by atoms with Gasteiger partial charge in [-0.15, -0.1) is 0 Å². The first-order valence-electron chi connectivity index (χ1n) is 5.26. The molecule has 0 unspecified atom stereocenters. The quantitative estimate of drug-likeness (QED) is 0.774. The minimum absolute atomic E-state index is 0.0502. The summed E-state index contributed by atoms with van der Waals surface area (Å²) in [5.41, 5.74) is 9.58. The van der Waals surface area contributed by atoms with E-state index >= 15 is 0 Å². The van der Waals surface area contributed by atoms with E-state index in [9.17, 15) is 5.11 Å². The van der Waals surface area contributed by atoms with Crippen molar-refractivity contribution in [3.05, 3.63) is 34.9 Å². The van der Waals surface area contributed by atoms with Crippen molar-refractivity contribution in [2.75, 3.05) is 6.54 Å². The molecule has 1 aromatic carbocycles. The van der Waals surface area contributed by atoms with Crippen LogP contribution in [-0.2, 0) is 6.42 Å². The first-order chi connectivity index (χ1) is 7.03. The average Bonchev–Trinajstić information content (AvgIpc) is 2.61. The highest BCUT2D eigenvalue weighted by atomic mass is 16.3. The molecule has 0 spiro atoms. The Balaban J connectivity index is 2.33. The summed E-state index contributed by atoms with van der Waals surface area (Å²) in [6, 6.07) is 5.53. The molecule has 80 valence electrons. The molecule has 0 bridgehead atoms. The van der Waals surface area contributed by atoms with Gasteiger partial charge in [0.25, 0.3) is 0 Å². The molecule has 0 aliphatic heterocycles. The zero-order valence-electron chi connectivity index (χ0n) is 9.25. The van der Waals surface area contributed by atoms with Gasteiger partial charge in [0.05, 0.1) is 0 Å². The molecular formula is C13H17NO. The van der Waals surface area contributed by atoms with Gasteiger partial charge < -0.3 is 10.8 Å². The molecule has 1 aromatic rings. The fourth-order valence-corrected chi connectivity index (χ4v) is 1.90. The predicted molar refractivity (Wildman–Crippen MR) is 62.6 cm³/mol. The monoisotopic (exact) mass is 203 g/mol. The Morgan fingerprint density at radius 3 is 2.80 bits per heavy atom. The molecule has 0 amide bonds. The molecule has 2 nitrogen and oxygen atoms in total. The van der Waals surface area contributed by atoms with Crippen molar-refractivity contribution in [2.24, 2.45) is 11.1 Å². The van der Waals surface area contributed by atoms with Crippen LogP contribution < -0.4 is 5.73 Å². The van der Waals surface area contributed by atoms with E-state index in [0.717, 1.165) is 6.42 Å². The number of nitrogens with two attached hydrogens (primary N) is 1. The van der Waals surface area contributed by atoms with Crippen molar-refractivity contribution >= 4 is 6.08 Å². The zero-order valence-corrected chi connectivity index (χ0v) is 9.25. The molecule has 0 saturated carbocycles. The fraction of sp³-hybridized carbons (Fsp3) is 0.385. The van der Waals surface area contributed by atoms with E-state index in [2.05, 4.69) is 19.9 Å². The Labute approximate surface area is 90.4 Å². The molecule has 0 atom stereocenters. The lowest BCUT2D eigenvalue weighted by molar-refractivity contribution is 0.455. The highest BCUT2D eigenvalue weighted by molar-refractivity contribution is 5.66. The Morgan fingerprint density at radius 1 is 1.40 bits per heavy atom. The number of aromatic hydroxyl groups is 1. The number of phenolic OH excluding ortho intramolecular Hbond substituents is 1. The summed E-state index contributed by atoms with van der Waals surface area (Å²) in [6.07, 6.45) is 3.11. The second kappa shape index (κ2) is 3.38. The minimum Gasteiger partial charge on any atom is -0.508 e. The van der Waals surface area contributed by atoms with Crippen LogP contribution in [0.3, 0.4) is 0 Å². The maximum atomic E-state index is 9.39. The third-order valence-electron chi connectivity index (χ3n) is 3.22. The van der Waals surface area contributed by atoms with Crippen LogP contribution in [0.2, 0.25) is 0 Å². The normalized spacial score (nSPS) is 15.0. The number of hydrogen-bond donors (Lipinski definition) is 2. The molecule has 15 heavy (non-hydrogen) atoms. The first-order valence-corrected chi connectivity index (χ1v) is 5.26. The van der Waals surface area contributed by atoms with Crippen molar-refractivity contribution in [3.8, 4) is 5.75 Å². The number of benzene rings is 1. The lowest BCUT2D eigenvalue weighted by Crippen LogP contribution is -2.25. The van der Waals surface area contributed by atoms with Gasteiger partial charge in [0.15, 0.2) is 0 Å². The van der Waals surface area contributed by atoms with E-state index < -0.39 is 0 Å². The summed E-state index contributed by atoms with van der Waals surface area (Å²) >= 11 is 0. The molecule has 0 heterocycles. The van der Waals surface area contributed by atoms with Crippen molar-refractivity contribution in [1.82, 2.24) is 0 Å². The van der Waals surface area contributed by atoms with E-state index in [1.165, 1.54) is 16.7 Å². The number of rotatable bonds is 2. The van der Waals surface area contributed by atoms with Crippen LogP contribution in [0.15, 0.2) is 23.8 Å². The fourth-order valence-electron chi connectivity index (χ4n) is 1.90. The van der Waals surface area contributed by atoms with E-state index in [1.54, 1.807) is 6.07 Å². The largest absolute Gasteiger partial charge is 0.508 e. The van der Waals surface area contributed by atoms with Gasteiger partial charge in [-0.3, -0.25) is 0 Å². The molecular weight excluding hydrogens is 186 g/mol. The summed E-state index contributed by atoms with van der Waals surface area (Å²) in [5, 5.41) is 9.39. The highest BCUT2D eigenvalue weighted by Gasteiger charge is 2.25. The minimum atomic E-state index is 0.0502. The van der Waals surface area contributed by atoms with Gasteiger partial charge in [-0.05, 0) is 35.1 Å². The van der Waals surface area contributed by atoms with Crippen LogP contribution >= 0.6 is 0 Å². The van der Waals surface area contributed by atoms with Crippen molar-refractivity contribution in [2.45, 2.75) is 20.3 Å². The van der Waals surface area contributed by atoms with E-state index in [4.69, 9.17) is 5.73 Å². The second-order valence-electron chi connectivity index (χ2n) is 4.82. The summed E-state index contributed by atoms with van der Waals surface area (Å²) < 4.78 is 0. The molecule has 0 fully saturated rings. The van der Waals surface area contributed by atoms with Crippen LogP contribution in [0.4, 0.5) is 0 Å². The third kappa shape index (κ3) is 1.77. The number of hydrogen-bond acceptors (Lipinski definition) is 2. The summed E-state index contributed by atoms with van der Waals surface area (Å²) in [5.74, 6) is 0.342. The van der Waals surface area contributed by atoms with Gasteiger partial charge in [0.1, 0.15) is 5.75 Å². The maximum absolute atomic E-state index is 9.39. The van der Waals surface area contributed by atoms with Gasteiger partial charge in [0, 0.05) is 6.54 Å². The standard InChI is InChI=1S/C13H17NO/c1-13(2,8-14)11-5-9-3-4-12(15)7-10(9)6-11/h3-5,7,15H,6,8,14H2,1-2H3. The van der Waals surface area contributed by atoms with Crippen LogP contribution in [0.5, 0.6) is 5.75 Å². The third-order valence-corrected chi connectivity index (χ3v) is 3.22. The Kier molecular flexibility index (Phi) is 2.31. The Morgan fingerprint density at radius 2 is 2.13 bits per heavy atom. The smallest absolute Gasteiger partial charge is 0.115 e. The highest BCUT2D eigenvalue weighted by Crippen LogP contribution is 2.37. The molecule has 0 aromatic heterocycles. The predicted octanol–water partition coefficient (Wildman–Crippen LogP) is 2.32. The van der Waals surface area contributed by atoms with Crippen LogP contribution in [0.25, 0.3) is 6.08 Å². The molecule has 3 N–H and O–H groups in total. The van der Waals surface area contributed by atoms with Crippen molar-refractivity contribution in [3.63, 3.8) is 0 Å². The molecule has 0 saturated heterocycles.